The number of ketones is 1. The summed E-state index contributed by atoms with van der Waals surface area (Å²) >= 11 is 0. The van der Waals surface area contributed by atoms with E-state index in [4.69, 9.17) is 9.47 Å². The lowest BCUT2D eigenvalue weighted by Gasteiger charge is -1.99. The summed E-state index contributed by atoms with van der Waals surface area (Å²) < 4.78 is 10.4. The van der Waals surface area contributed by atoms with Crippen molar-refractivity contribution < 1.29 is 19.4 Å². The Balaban J connectivity index is 1.79. The fraction of sp³-hybridized carbons (Fsp3) is 0.0625. The van der Waals surface area contributed by atoms with Crippen LogP contribution >= 0.6 is 0 Å². The standard InChI is InChI=1S/C16H12O4/c17-13-3-1-2-11(8-13)4-6-14(18)12-5-7-15-16(9-12)20-10-19-15/h1-9,17H,10H2. The van der Waals surface area contributed by atoms with Crippen molar-refractivity contribution in [1.29, 1.82) is 0 Å². The molecule has 1 heterocycles. The predicted molar refractivity (Wildman–Crippen MR) is 74.0 cm³/mol. The maximum Gasteiger partial charge on any atom is 0.231 e. The van der Waals surface area contributed by atoms with Gasteiger partial charge < -0.3 is 14.6 Å². The first kappa shape index (κ1) is 12.3. The number of hydrogen-bond donors (Lipinski definition) is 1. The Kier molecular flexibility index (Phi) is 3.13. The molecule has 0 atom stereocenters. The summed E-state index contributed by atoms with van der Waals surface area (Å²) in [5.74, 6) is 1.27. The van der Waals surface area contributed by atoms with Crippen molar-refractivity contribution in [2.24, 2.45) is 0 Å². The number of fused-ring (bicyclic) bond motifs is 1. The molecule has 0 aromatic heterocycles. The fourth-order valence-electron chi connectivity index (χ4n) is 1.95. The van der Waals surface area contributed by atoms with Crippen molar-refractivity contribution in [2.45, 2.75) is 0 Å². The molecule has 100 valence electrons. The van der Waals surface area contributed by atoms with Crippen LogP contribution in [0.2, 0.25) is 0 Å². The summed E-state index contributed by atoms with van der Waals surface area (Å²) in [5, 5.41) is 9.35. The molecule has 4 heteroatoms. The molecular formula is C16H12O4. The fourth-order valence-corrected chi connectivity index (χ4v) is 1.95. The summed E-state index contributed by atoms with van der Waals surface area (Å²) in [5.41, 5.74) is 1.30. The minimum absolute atomic E-state index is 0.133. The van der Waals surface area contributed by atoms with Crippen LogP contribution in [-0.4, -0.2) is 17.7 Å². The van der Waals surface area contributed by atoms with Gasteiger partial charge in [-0.05, 0) is 42.0 Å². The zero-order valence-corrected chi connectivity index (χ0v) is 10.6. The number of hydrogen-bond acceptors (Lipinski definition) is 4. The molecule has 0 bridgehead atoms. The van der Waals surface area contributed by atoms with Crippen molar-refractivity contribution in [2.75, 3.05) is 6.79 Å². The predicted octanol–water partition coefficient (Wildman–Crippen LogP) is 3.02. The smallest absolute Gasteiger partial charge is 0.231 e. The summed E-state index contributed by atoms with van der Waals surface area (Å²) in [6.45, 7) is 0.187. The highest BCUT2D eigenvalue weighted by Gasteiger charge is 2.14. The highest BCUT2D eigenvalue weighted by atomic mass is 16.7. The summed E-state index contributed by atoms with van der Waals surface area (Å²) in [4.78, 5) is 12.1. The van der Waals surface area contributed by atoms with Crippen molar-refractivity contribution in [3.05, 3.63) is 59.7 Å². The third-order valence-corrected chi connectivity index (χ3v) is 2.95. The van der Waals surface area contributed by atoms with E-state index in [1.165, 1.54) is 6.08 Å². The van der Waals surface area contributed by atoms with Gasteiger partial charge in [0.15, 0.2) is 17.3 Å². The molecule has 1 aliphatic rings. The van der Waals surface area contributed by atoms with Crippen LogP contribution in [-0.2, 0) is 0 Å². The molecule has 0 aliphatic carbocycles. The van der Waals surface area contributed by atoms with E-state index in [-0.39, 0.29) is 18.3 Å². The number of carbonyl (C=O) groups excluding carboxylic acids is 1. The van der Waals surface area contributed by atoms with E-state index in [2.05, 4.69) is 0 Å². The number of allylic oxidation sites excluding steroid dienone is 1. The Morgan fingerprint density at radius 3 is 2.80 bits per heavy atom. The van der Waals surface area contributed by atoms with Crippen molar-refractivity contribution >= 4 is 11.9 Å². The largest absolute Gasteiger partial charge is 0.508 e. The quantitative estimate of drug-likeness (QED) is 0.686. The van der Waals surface area contributed by atoms with E-state index >= 15 is 0 Å². The lowest BCUT2D eigenvalue weighted by atomic mass is 10.1. The van der Waals surface area contributed by atoms with Crippen LogP contribution in [0.15, 0.2) is 48.5 Å². The van der Waals surface area contributed by atoms with E-state index < -0.39 is 0 Å². The Bertz CT molecular complexity index is 689. The molecule has 1 aliphatic heterocycles. The van der Waals surface area contributed by atoms with Gasteiger partial charge in [-0.2, -0.15) is 0 Å². The van der Waals surface area contributed by atoms with E-state index in [1.807, 2.05) is 6.07 Å². The lowest BCUT2D eigenvalue weighted by molar-refractivity contribution is 0.104. The Morgan fingerprint density at radius 2 is 1.95 bits per heavy atom. The third-order valence-electron chi connectivity index (χ3n) is 2.95. The maximum atomic E-state index is 12.1. The monoisotopic (exact) mass is 268 g/mol. The molecule has 0 saturated carbocycles. The maximum absolute atomic E-state index is 12.1. The van der Waals surface area contributed by atoms with Gasteiger partial charge in [0.25, 0.3) is 0 Å². The number of rotatable bonds is 3. The molecule has 0 saturated heterocycles. The van der Waals surface area contributed by atoms with Gasteiger partial charge in [-0.1, -0.05) is 18.2 Å². The number of phenolic OH excluding ortho intramolecular Hbond substituents is 1. The van der Waals surface area contributed by atoms with Crippen LogP contribution in [0, 0.1) is 0 Å². The highest BCUT2D eigenvalue weighted by molar-refractivity contribution is 6.07. The number of carbonyl (C=O) groups is 1. The van der Waals surface area contributed by atoms with Crippen LogP contribution in [0.4, 0.5) is 0 Å². The summed E-state index contributed by atoms with van der Waals surface area (Å²) in [7, 11) is 0. The number of aromatic hydroxyl groups is 1. The van der Waals surface area contributed by atoms with E-state index in [9.17, 15) is 9.90 Å². The minimum atomic E-state index is -0.133. The average Bonchev–Trinajstić information content (AvgIpc) is 2.92. The highest BCUT2D eigenvalue weighted by Crippen LogP contribution is 2.32. The molecule has 3 rings (SSSR count). The molecule has 1 N–H and O–H groups in total. The molecule has 4 nitrogen and oxygen atoms in total. The van der Waals surface area contributed by atoms with Crippen molar-refractivity contribution in [3.8, 4) is 17.2 Å². The zero-order valence-electron chi connectivity index (χ0n) is 10.6. The molecule has 2 aromatic rings. The Morgan fingerprint density at radius 1 is 1.10 bits per heavy atom. The first-order valence-corrected chi connectivity index (χ1v) is 6.13. The molecule has 0 spiro atoms. The van der Waals surface area contributed by atoms with Gasteiger partial charge in [0.2, 0.25) is 6.79 Å². The van der Waals surface area contributed by atoms with Crippen LogP contribution in [0.3, 0.4) is 0 Å². The lowest BCUT2D eigenvalue weighted by Crippen LogP contribution is -1.94. The van der Waals surface area contributed by atoms with Gasteiger partial charge in [0.05, 0.1) is 0 Å². The van der Waals surface area contributed by atoms with Gasteiger partial charge in [0, 0.05) is 5.56 Å². The molecular weight excluding hydrogens is 256 g/mol. The Labute approximate surface area is 115 Å². The molecule has 20 heavy (non-hydrogen) atoms. The first-order chi connectivity index (χ1) is 9.72. The van der Waals surface area contributed by atoms with Crippen molar-refractivity contribution in [1.82, 2.24) is 0 Å². The van der Waals surface area contributed by atoms with Crippen molar-refractivity contribution in [3.63, 3.8) is 0 Å². The number of phenols is 1. The van der Waals surface area contributed by atoms with Gasteiger partial charge in [-0.15, -0.1) is 0 Å². The molecule has 0 radical (unpaired) electrons. The van der Waals surface area contributed by atoms with Gasteiger partial charge in [-0.25, -0.2) is 0 Å². The average molecular weight is 268 g/mol. The summed E-state index contributed by atoms with van der Waals surface area (Å²) in [6.07, 6.45) is 3.12. The van der Waals surface area contributed by atoms with E-state index in [0.717, 1.165) is 5.56 Å². The summed E-state index contributed by atoms with van der Waals surface area (Å²) in [6, 6.07) is 11.8. The van der Waals surface area contributed by atoms with Gasteiger partial charge in [0.1, 0.15) is 5.75 Å². The molecule has 0 fully saturated rings. The topological polar surface area (TPSA) is 55.8 Å². The molecule has 0 unspecified atom stereocenters. The second kappa shape index (κ2) is 5.09. The van der Waals surface area contributed by atoms with Crippen LogP contribution in [0.25, 0.3) is 6.08 Å². The van der Waals surface area contributed by atoms with Crippen LogP contribution in [0.5, 0.6) is 17.2 Å². The second-order valence-electron chi connectivity index (χ2n) is 4.36. The van der Waals surface area contributed by atoms with E-state index in [1.54, 1.807) is 42.5 Å². The minimum Gasteiger partial charge on any atom is -0.508 e. The van der Waals surface area contributed by atoms with Crippen LogP contribution in [0.1, 0.15) is 15.9 Å². The zero-order chi connectivity index (χ0) is 13.9. The number of benzene rings is 2. The van der Waals surface area contributed by atoms with Gasteiger partial charge >= 0.3 is 0 Å². The third kappa shape index (κ3) is 2.49. The molecule has 0 amide bonds. The van der Waals surface area contributed by atoms with Gasteiger partial charge in [-0.3, -0.25) is 4.79 Å². The van der Waals surface area contributed by atoms with Crippen LogP contribution < -0.4 is 9.47 Å². The van der Waals surface area contributed by atoms with E-state index in [0.29, 0.717) is 17.1 Å². The normalized spacial score (nSPS) is 12.8. The first-order valence-electron chi connectivity index (χ1n) is 6.13. The Hall–Kier alpha value is -2.75. The SMILES string of the molecule is O=C(C=Cc1cccc(O)c1)c1ccc2c(c1)OCO2. The number of ether oxygens (including phenoxy) is 2. The second-order valence-corrected chi connectivity index (χ2v) is 4.36. The molecule has 2 aromatic carbocycles.